The number of carboxylic acid groups (broad SMARTS) is 2. The van der Waals surface area contributed by atoms with Gasteiger partial charge in [-0.15, -0.1) is 11.8 Å². The SMILES string of the molecule is N[C@@H](CCC(=O)N[C@@H](CSC1=CC(=O)c2cccc(O)c2C1=O)C(=O)NCC(=O)O)C(=O)O. The number of phenolic OH excluding ortho intramolecular Hbond substituents is 1. The van der Waals surface area contributed by atoms with Gasteiger partial charge < -0.3 is 31.7 Å². The molecule has 0 aliphatic heterocycles. The smallest absolute Gasteiger partial charge is 0.322 e. The van der Waals surface area contributed by atoms with E-state index in [4.69, 9.17) is 15.9 Å². The lowest BCUT2D eigenvalue weighted by Crippen LogP contribution is -2.49. The maximum atomic E-state index is 12.7. The van der Waals surface area contributed by atoms with Crippen LogP contribution in [0.2, 0.25) is 0 Å². The molecule has 0 radical (unpaired) electrons. The molecule has 1 aromatic rings. The van der Waals surface area contributed by atoms with E-state index in [-0.39, 0.29) is 40.4 Å². The van der Waals surface area contributed by atoms with Crippen molar-refractivity contribution < 1.29 is 44.1 Å². The largest absolute Gasteiger partial charge is 0.507 e. The van der Waals surface area contributed by atoms with Crippen molar-refractivity contribution in [3.8, 4) is 5.75 Å². The van der Waals surface area contributed by atoms with E-state index in [9.17, 15) is 33.9 Å². The number of allylic oxidation sites excluding steroid dienone is 2. The standard InChI is InChI=1S/C20H21N3O9S/c21-10(20(31)32)4-5-15(26)23-11(19(30)22-7-16(27)28)8-33-14-6-13(25)9-2-1-3-12(24)17(9)18(14)29/h1-3,6,10-11,24H,4-5,7-8,21H2,(H,22,30)(H,23,26)(H,27,28)(H,31,32)/t10-,11-/m0/s1. The fraction of sp³-hybridized carbons (Fsp3) is 0.300. The van der Waals surface area contributed by atoms with Crippen LogP contribution in [0.3, 0.4) is 0 Å². The van der Waals surface area contributed by atoms with Gasteiger partial charge in [0.2, 0.25) is 17.6 Å². The minimum atomic E-state index is -1.32. The third-order valence-corrected chi connectivity index (χ3v) is 5.61. The highest BCUT2D eigenvalue weighted by atomic mass is 32.2. The molecule has 12 nitrogen and oxygen atoms in total. The van der Waals surface area contributed by atoms with Gasteiger partial charge in [0.25, 0.3) is 0 Å². The minimum Gasteiger partial charge on any atom is -0.507 e. The fourth-order valence-corrected chi connectivity index (χ4v) is 3.80. The first-order valence-corrected chi connectivity index (χ1v) is 10.5. The van der Waals surface area contributed by atoms with Gasteiger partial charge in [-0.25, -0.2) is 0 Å². The summed E-state index contributed by atoms with van der Waals surface area (Å²) in [6.07, 6.45) is 0.531. The van der Waals surface area contributed by atoms with Gasteiger partial charge >= 0.3 is 11.9 Å². The minimum absolute atomic E-state index is 0.0307. The number of ketones is 2. The van der Waals surface area contributed by atoms with Crippen molar-refractivity contribution in [2.45, 2.75) is 24.9 Å². The molecule has 0 saturated heterocycles. The Morgan fingerprint density at radius 1 is 1.12 bits per heavy atom. The van der Waals surface area contributed by atoms with Crippen molar-refractivity contribution in [1.82, 2.24) is 10.6 Å². The lowest BCUT2D eigenvalue weighted by atomic mass is 9.94. The van der Waals surface area contributed by atoms with Crippen molar-refractivity contribution in [3.05, 3.63) is 40.3 Å². The molecule has 0 spiro atoms. The molecule has 2 amide bonds. The Bertz CT molecular complexity index is 1040. The van der Waals surface area contributed by atoms with Crippen LogP contribution in [0.5, 0.6) is 5.75 Å². The Balaban J connectivity index is 2.11. The number of benzene rings is 1. The molecule has 0 bridgehead atoms. The van der Waals surface area contributed by atoms with E-state index in [0.717, 1.165) is 17.8 Å². The third kappa shape index (κ3) is 6.89. The molecule has 1 aliphatic rings. The Morgan fingerprint density at radius 2 is 1.82 bits per heavy atom. The Kier molecular flexibility index (Phi) is 8.70. The van der Waals surface area contributed by atoms with Crippen LogP contribution in [0, 0.1) is 0 Å². The number of nitrogens with one attached hydrogen (secondary N) is 2. The van der Waals surface area contributed by atoms with E-state index in [1.807, 2.05) is 0 Å². The van der Waals surface area contributed by atoms with Crippen LogP contribution in [-0.4, -0.2) is 75.0 Å². The molecule has 1 aliphatic carbocycles. The van der Waals surface area contributed by atoms with Crippen LogP contribution in [0.15, 0.2) is 29.2 Å². The first-order chi connectivity index (χ1) is 15.5. The van der Waals surface area contributed by atoms with E-state index < -0.39 is 53.9 Å². The number of carboxylic acids is 2. The quantitative estimate of drug-likeness (QED) is 0.233. The van der Waals surface area contributed by atoms with Crippen LogP contribution in [0.25, 0.3) is 0 Å². The molecule has 1 aromatic carbocycles. The number of aliphatic carboxylic acids is 2. The molecule has 2 rings (SSSR count). The number of amides is 2. The topological polar surface area (TPSA) is 213 Å². The average Bonchev–Trinajstić information content (AvgIpc) is 2.75. The molecule has 0 aromatic heterocycles. The summed E-state index contributed by atoms with van der Waals surface area (Å²) >= 11 is 0.761. The molecule has 33 heavy (non-hydrogen) atoms. The Morgan fingerprint density at radius 3 is 2.45 bits per heavy atom. The summed E-state index contributed by atoms with van der Waals surface area (Å²) in [5, 5.41) is 32.0. The van der Waals surface area contributed by atoms with Gasteiger partial charge in [-0.2, -0.15) is 0 Å². The molecule has 0 heterocycles. The highest BCUT2D eigenvalue weighted by molar-refractivity contribution is 8.04. The number of aromatic hydroxyl groups is 1. The monoisotopic (exact) mass is 479 g/mol. The highest BCUT2D eigenvalue weighted by Crippen LogP contribution is 2.33. The zero-order valence-corrected chi connectivity index (χ0v) is 17.9. The molecule has 2 atom stereocenters. The summed E-state index contributed by atoms with van der Waals surface area (Å²) in [7, 11) is 0. The van der Waals surface area contributed by atoms with Gasteiger partial charge in [0.15, 0.2) is 5.78 Å². The number of hydrogen-bond acceptors (Lipinski definition) is 9. The average molecular weight is 479 g/mol. The summed E-state index contributed by atoms with van der Waals surface area (Å²) in [6, 6.07) is 1.46. The maximum Gasteiger partial charge on any atom is 0.322 e. The van der Waals surface area contributed by atoms with Gasteiger partial charge in [0.1, 0.15) is 24.4 Å². The molecule has 0 saturated carbocycles. The second-order valence-electron chi connectivity index (χ2n) is 6.93. The zero-order chi connectivity index (χ0) is 24.7. The number of phenols is 1. The summed E-state index contributed by atoms with van der Waals surface area (Å²) in [5.41, 5.74) is 5.20. The van der Waals surface area contributed by atoms with Crippen LogP contribution in [0.1, 0.15) is 33.6 Å². The molecule has 0 fully saturated rings. The number of carbonyl (C=O) groups is 6. The summed E-state index contributed by atoms with van der Waals surface area (Å²) in [5.74, 6) is -6.00. The Labute approximate surface area is 191 Å². The number of carbonyl (C=O) groups excluding carboxylic acids is 4. The molecule has 176 valence electrons. The molecule has 13 heteroatoms. The lowest BCUT2D eigenvalue weighted by Gasteiger charge is -2.20. The predicted octanol–water partition coefficient (Wildman–Crippen LogP) is -0.734. The number of hydrogen-bond donors (Lipinski definition) is 6. The third-order valence-electron chi connectivity index (χ3n) is 4.49. The van der Waals surface area contributed by atoms with Crippen LogP contribution in [-0.2, 0) is 19.2 Å². The second-order valence-corrected chi connectivity index (χ2v) is 7.99. The number of fused-ring (bicyclic) bond motifs is 1. The molecule has 7 N–H and O–H groups in total. The van der Waals surface area contributed by atoms with Crippen LogP contribution >= 0.6 is 11.8 Å². The molecular weight excluding hydrogens is 458 g/mol. The summed E-state index contributed by atoms with van der Waals surface area (Å²) < 4.78 is 0. The van der Waals surface area contributed by atoms with Gasteiger partial charge in [0.05, 0.1) is 10.5 Å². The number of nitrogens with two attached hydrogens (primary N) is 1. The normalized spacial score (nSPS) is 14.5. The van der Waals surface area contributed by atoms with Crippen LogP contribution < -0.4 is 16.4 Å². The first-order valence-electron chi connectivity index (χ1n) is 9.54. The van der Waals surface area contributed by atoms with Gasteiger partial charge in [-0.1, -0.05) is 12.1 Å². The van der Waals surface area contributed by atoms with E-state index >= 15 is 0 Å². The van der Waals surface area contributed by atoms with Crippen molar-refractivity contribution in [1.29, 1.82) is 0 Å². The lowest BCUT2D eigenvalue weighted by molar-refractivity contribution is -0.139. The molecule has 0 unspecified atom stereocenters. The van der Waals surface area contributed by atoms with E-state index in [0.29, 0.717) is 0 Å². The van der Waals surface area contributed by atoms with Crippen molar-refractivity contribution in [3.63, 3.8) is 0 Å². The van der Waals surface area contributed by atoms with Crippen LogP contribution in [0.4, 0.5) is 0 Å². The number of thioether (sulfide) groups is 1. The molecular formula is C20H21N3O9S. The number of Topliss-reactive ketones (excluding diaryl/α,β-unsaturated/α-hetero) is 1. The van der Waals surface area contributed by atoms with Gasteiger partial charge in [-0.05, 0) is 12.5 Å². The highest BCUT2D eigenvalue weighted by Gasteiger charge is 2.30. The zero-order valence-electron chi connectivity index (χ0n) is 17.1. The van der Waals surface area contributed by atoms with Gasteiger partial charge in [-0.3, -0.25) is 28.8 Å². The fourth-order valence-electron chi connectivity index (χ4n) is 2.80. The Hall–Kier alpha value is -3.71. The van der Waals surface area contributed by atoms with Crippen molar-refractivity contribution >= 4 is 47.1 Å². The van der Waals surface area contributed by atoms with Crippen molar-refractivity contribution in [2.24, 2.45) is 5.73 Å². The summed E-state index contributed by atoms with van der Waals surface area (Å²) in [6.45, 7) is -0.721. The summed E-state index contributed by atoms with van der Waals surface area (Å²) in [4.78, 5) is 71.0. The van der Waals surface area contributed by atoms with E-state index in [1.54, 1.807) is 0 Å². The van der Waals surface area contributed by atoms with Gasteiger partial charge in [0, 0.05) is 23.8 Å². The van der Waals surface area contributed by atoms with E-state index in [2.05, 4.69) is 10.6 Å². The first kappa shape index (κ1) is 25.5. The van der Waals surface area contributed by atoms with Crippen molar-refractivity contribution in [2.75, 3.05) is 12.3 Å². The van der Waals surface area contributed by atoms with E-state index in [1.165, 1.54) is 18.2 Å². The number of rotatable bonds is 11. The predicted molar refractivity (Wildman–Crippen MR) is 115 cm³/mol. The maximum absolute atomic E-state index is 12.7. The second kappa shape index (κ2) is 11.2.